The predicted octanol–water partition coefficient (Wildman–Crippen LogP) is 0.435. The van der Waals surface area contributed by atoms with Crippen LogP contribution < -0.4 is 5.32 Å². The molecule has 3 aliphatic rings. The molecular weight excluding hydrogens is 214 g/mol. The molecule has 1 amide bonds. The summed E-state index contributed by atoms with van der Waals surface area (Å²) in [6.45, 7) is 5.53. The molecule has 3 rings (SSSR count). The molecule has 0 saturated carbocycles. The first kappa shape index (κ1) is 11.5. The third kappa shape index (κ3) is 2.20. The van der Waals surface area contributed by atoms with Gasteiger partial charge in [0, 0.05) is 51.2 Å². The standard InChI is InChI=1S/C13H23N3O/c17-13-5-4-11(15-9-6-14-7-10-15)12-3-1-2-8-16(12)13/h11-12,14H,1-10H2. The van der Waals surface area contributed by atoms with Gasteiger partial charge >= 0.3 is 0 Å². The van der Waals surface area contributed by atoms with Crippen LogP contribution in [0.3, 0.4) is 0 Å². The van der Waals surface area contributed by atoms with Gasteiger partial charge in [-0.3, -0.25) is 9.69 Å². The molecule has 4 heteroatoms. The fraction of sp³-hybridized carbons (Fsp3) is 0.923. The minimum absolute atomic E-state index is 0.404. The second-order valence-electron chi connectivity index (χ2n) is 5.54. The molecule has 96 valence electrons. The molecular formula is C13H23N3O. The number of amides is 1. The van der Waals surface area contributed by atoms with Crippen LogP contribution in [0.25, 0.3) is 0 Å². The smallest absolute Gasteiger partial charge is 0.222 e. The molecule has 0 radical (unpaired) electrons. The van der Waals surface area contributed by atoms with Crippen LogP contribution >= 0.6 is 0 Å². The maximum absolute atomic E-state index is 12.0. The second-order valence-corrected chi connectivity index (χ2v) is 5.54. The van der Waals surface area contributed by atoms with Crippen molar-refractivity contribution in [2.75, 3.05) is 32.7 Å². The maximum atomic E-state index is 12.0. The van der Waals surface area contributed by atoms with Crippen LogP contribution in [0, 0.1) is 0 Å². The van der Waals surface area contributed by atoms with E-state index >= 15 is 0 Å². The predicted molar refractivity (Wildman–Crippen MR) is 66.8 cm³/mol. The Morgan fingerprint density at radius 2 is 1.82 bits per heavy atom. The summed E-state index contributed by atoms with van der Waals surface area (Å²) in [5.41, 5.74) is 0. The number of piperidine rings is 2. The second kappa shape index (κ2) is 4.94. The fourth-order valence-corrected chi connectivity index (χ4v) is 3.71. The molecule has 3 saturated heterocycles. The third-order valence-corrected chi connectivity index (χ3v) is 4.59. The van der Waals surface area contributed by atoms with E-state index < -0.39 is 0 Å². The van der Waals surface area contributed by atoms with E-state index in [9.17, 15) is 4.79 Å². The van der Waals surface area contributed by atoms with Crippen molar-refractivity contribution < 1.29 is 4.79 Å². The Morgan fingerprint density at radius 1 is 1.00 bits per heavy atom. The Labute approximate surface area is 103 Å². The zero-order valence-electron chi connectivity index (χ0n) is 10.5. The molecule has 0 aromatic heterocycles. The van der Waals surface area contributed by atoms with Crippen molar-refractivity contribution in [3.8, 4) is 0 Å². The first-order valence-corrected chi connectivity index (χ1v) is 7.10. The van der Waals surface area contributed by atoms with Gasteiger partial charge in [0.2, 0.25) is 5.91 Å². The van der Waals surface area contributed by atoms with Crippen LogP contribution in [-0.2, 0) is 4.79 Å². The van der Waals surface area contributed by atoms with Crippen LogP contribution in [0.4, 0.5) is 0 Å². The summed E-state index contributed by atoms with van der Waals surface area (Å²) >= 11 is 0. The average Bonchev–Trinajstić information content (AvgIpc) is 2.41. The summed E-state index contributed by atoms with van der Waals surface area (Å²) in [5.74, 6) is 0.404. The zero-order chi connectivity index (χ0) is 11.7. The highest BCUT2D eigenvalue weighted by atomic mass is 16.2. The minimum Gasteiger partial charge on any atom is -0.338 e. The van der Waals surface area contributed by atoms with Gasteiger partial charge in [0.25, 0.3) is 0 Å². The zero-order valence-corrected chi connectivity index (χ0v) is 10.5. The van der Waals surface area contributed by atoms with Crippen molar-refractivity contribution in [3.63, 3.8) is 0 Å². The molecule has 3 heterocycles. The summed E-state index contributed by atoms with van der Waals surface area (Å²) in [7, 11) is 0. The van der Waals surface area contributed by atoms with Crippen LogP contribution in [-0.4, -0.2) is 60.5 Å². The molecule has 17 heavy (non-hydrogen) atoms. The first-order chi connectivity index (χ1) is 8.36. The summed E-state index contributed by atoms with van der Waals surface area (Å²) in [4.78, 5) is 16.7. The van der Waals surface area contributed by atoms with Gasteiger partial charge in [-0.05, 0) is 25.7 Å². The van der Waals surface area contributed by atoms with Crippen molar-refractivity contribution in [1.82, 2.24) is 15.1 Å². The van der Waals surface area contributed by atoms with Gasteiger partial charge in [0.15, 0.2) is 0 Å². The lowest BCUT2D eigenvalue weighted by Gasteiger charge is -2.49. The number of fused-ring (bicyclic) bond motifs is 1. The number of piperazine rings is 1. The lowest BCUT2D eigenvalue weighted by molar-refractivity contribution is -0.141. The lowest BCUT2D eigenvalue weighted by Crippen LogP contribution is -2.61. The van der Waals surface area contributed by atoms with Gasteiger partial charge in [0.05, 0.1) is 0 Å². The normalized spacial score (nSPS) is 35.8. The summed E-state index contributed by atoms with van der Waals surface area (Å²) in [5, 5.41) is 3.41. The summed E-state index contributed by atoms with van der Waals surface area (Å²) in [6, 6.07) is 1.15. The quantitative estimate of drug-likeness (QED) is 0.718. The molecule has 4 nitrogen and oxygen atoms in total. The number of nitrogens with zero attached hydrogens (tertiary/aromatic N) is 2. The van der Waals surface area contributed by atoms with Crippen LogP contribution in [0.2, 0.25) is 0 Å². The third-order valence-electron chi connectivity index (χ3n) is 4.59. The van der Waals surface area contributed by atoms with Gasteiger partial charge in [-0.25, -0.2) is 0 Å². The molecule has 2 atom stereocenters. The van der Waals surface area contributed by atoms with Crippen molar-refractivity contribution in [1.29, 1.82) is 0 Å². The van der Waals surface area contributed by atoms with Crippen LogP contribution in [0.5, 0.6) is 0 Å². The Hall–Kier alpha value is -0.610. The van der Waals surface area contributed by atoms with E-state index in [0.717, 1.165) is 45.6 Å². The Kier molecular flexibility index (Phi) is 3.34. The van der Waals surface area contributed by atoms with Gasteiger partial charge < -0.3 is 10.2 Å². The highest BCUT2D eigenvalue weighted by Gasteiger charge is 2.39. The van der Waals surface area contributed by atoms with E-state index in [1.807, 2.05) is 0 Å². The monoisotopic (exact) mass is 237 g/mol. The van der Waals surface area contributed by atoms with E-state index in [4.69, 9.17) is 0 Å². The van der Waals surface area contributed by atoms with E-state index in [1.54, 1.807) is 0 Å². The van der Waals surface area contributed by atoms with Crippen LogP contribution in [0.1, 0.15) is 32.1 Å². The highest BCUT2D eigenvalue weighted by Crippen LogP contribution is 2.30. The largest absolute Gasteiger partial charge is 0.338 e. The molecule has 3 aliphatic heterocycles. The average molecular weight is 237 g/mol. The topological polar surface area (TPSA) is 35.6 Å². The number of carbonyl (C=O) groups excluding carboxylic acids is 1. The Bertz CT molecular complexity index is 288. The maximum Gasteiger partial charge on any atom is 0.222 e. The van der Waals surface area contributed by atoms with E-state index in [2.05, 4.69) is 15.1 Å². The molecule has 0 aliphatic carbocycles. The molecule has 0 aromatic rings. The molecule has 0 aromatic carbocycles. The van der Waals surface area contributed by atoms with Gasteiger partial charge in [-0.1, -0.05) is 0 Å². The number of rotatable bonds is 1. The highest BCUT2D eigenvalue weighted by molar-refractivity contribution is 5.77. The molecule has 2 unspecified atom stereocenters. The first-order valence-electron chi connectivity index (χ1n) is 7.10. The molecule has 0 spiro atoms. The number of nitrogens with one attached hydrogen (secondary N) is 1. The summed E-state index contributed by atoms with van der Waals surface area (Å²) in [6.07, 6.45) is 5.58. The van der Waals surface area contributed by atoms with Gasteiger partial charge in [-0.15, -0.1) is 0 Å². The van der Waals surface area contributed by atoms with Crippen molar-refractivity contribution >= 4 is 5.91 Å². The van der Waals surface area contributed by atoms with Gasteiger partial charge in [0.1, 0.15) is 0 Å². The minimum atomic E-state index is 0.404. The molecule has 1 N–H and O–H groups in total. The fourth-order valence-electron chi connectivity index (χ4n) is 3.71. The van der Waals surface area contributed by atoms with Crippen molar-refractivity contribution in [3.05, 3.63) is 0 Å². The lowest BCUT2D eigenvalue weighted by atomic mass is 9.87. The van der Waals surface area contributed by atoms with Crippen molar-refractivity contribution in [2.24, 2.45) is 0 Å². The van der Waals surface area contributed by atoms with Crippen LogP contribution in [0.15, 0.2) is 0 Å². The number of carbonyl (C=O) groups is 1. The SMILES string of the molecule is O=C1CCC(N2CCNCC2)C2CCCCN12. The van der Waals surface area contributed by atoms with E-state index in [1.165, 1.54) is 19.3 Å². The number of hydrogen-bond donors (Lipinski definition) is 1. The number of hydrogen-bond acceptors (Lipinski definition) is 3. The Morgan fingerprint density at radius 3 is 2.65 bits per heavy atom. The van der Waals surface area contributed by atoms with E-state index in [-0.39, 0.29) is 0 Å². The Balaban J connectivity index is 1.72. The van der Waals surface area contributed by atoms with Gasteiger partial charge in [-0.2, -0.15) is 0 Å². The molecule has 0 bridgehead atoms. The van der Waals surface area contributed by atoms with E-state index in [0.29, 0.717) is 18.0 Å². The van der Waals surface area contributed by atoms with Crippen molar-refractivity contribution in [2.45, 2.75) is 44.2 Å². The molecule has 3 fully saturated rings. The summed E-state index contributed by atoms with van der Waals surface area (Å²) < 4.78 is 0.